The molecule has 2 aromatic carbocycles. The van der Waals surface area contributed by atoms with Crippen LogP contribution in [0.4, 0.5) is 0 Å². The lowest BCUT2D eigenvalue weighted by molar-refractivity contribution is 0.282. The maximum Gasteiger partial charge on any atom is 0.216 e. The number of aryl methyl sites for hydroxylation is 1. The minimum absolute atomic E-state index is 0.0906. The molecule has 0 aliphatic heterocycles. The lowest BCUT2D eigenvalue weighted by Gasteiger charge is -2.09. The van der Waals surface area contributed by atoms with Gasteiger partial charge in [-0.3, -0.25) is 0 Å². The Labute approximate surface area is 125 Å². The monoisotopic (exact) mass is 305 g/mol. The normalized spacial score (nSPS) is 11.5. The largest absolute Gasteiger partial charge is 0.392 e. The number of hydrogen-bond acceptors (Lipinski definition) is 3. The molecule has 0 aromatic heterocycles. The fourth-order valence-corrected chi connectivity index (χ4v) is 3.18. The third kappa shape index (κ3) is 4.67. The number of aliphatic hydroxyl groups is 1. The Morgan fingerprint density at radius 1 is 1.05 bits per heavy atom. The van der Waals surface area contributed by atoms with Crippen LogP contribution in [0.15, 0.2) is 48.5 Å². The summed E-state index contributed by atoms with van der Waals surface area (Å²) in [6.45, 7) is 2.15. The number of sulfonamides is 1. The Morgan fingerprint density at radius 3 is 2.48 bits per heavy atom. The standard InChI is InChI=1S/C16H19NO3S/c1-13-5-2-3-8-16(13)10-17-21(19,20)12-15-7-4-6-14(9-15)11-18/h2-9,17-18H,10-12H2,1H3. The first-order chi connectivity index (χ1) is 10.00. The Kier molecular flexibility index (Phi) is 5.12. The SMILES string of the molecule is Cc1ccccc1CNS(=O)(=O)Cc1cccc(CO)c1. The Hall–Kier alpha value is -1.69. The second-order valence-electron chi connectivity index (χ2n) is 4.98. The van der Waals surface area contributed by atoms with Gasteiger partial charge in [0.05, 0.1) is 12.4 Å². The molecule has 0 saturated heterocycles. The van der Waals surface area contributed by atoms with Gasteiger partial charge >= 0.3 is 0 Å². The molecule has 0 unspecified atom stereocenters. The van der Waals surface area contributed by atoms with Gasteiger partial charge < -0.3 is 5.11 Å². The molecule has 0 spiro atoms. The molecular weight excluding hydrogens is 286 g/mol. The average molecular weight is 305 g/mol. The third-order valence-corrected chi connectivity index (χ3v) is 4.57. The Morgan fingerprint density at radius 2 is 1.76 bits per heavy atom. The fraction of sp³-hybridized carbons (Fsp3) is 0.250. The molecule has 112 valence electrons. The van der Waals surface area contributed by atoms with E-state index in [0.717, 1.165) is 11.1 Å². The summed E-state index contributed by atoms with van der Waals surface area (Å²) in [5.41, 5.74) is 3.40. The lowest BCUT2D eigenvalue weighted by Crippen LogP contribution is -2.25. The first kappa shape index (κ1) is 15.7. The minimum Gasteiger partial charge on any atom is -0.392 e. The number of rotatable bonds is 6. The number of nitrogens with one attached hydrogen (secondary N) is 1. The molecular formula is C16H19NO3S. The zero-order valence-electron chi connectivity index (χ0n) is 11.9. The van der Waals surface area contributed by atoms with Gasteiger partial charge in [0.25, 0.3) is 0 Å². The van der Waals surface area contributed by atoms with Gasteiger partial charge in [0.2, 0.25) is 10.0 Å². The van der Waals surface area contributed by atoms with E-state index in [2.05, 4.69) is 4.72 Å². The van der Waals surface area contributed by atoms with E-state index in [0.29, 0.717) is 11.1 Å². The van der Waals surface area contributed by atoms with Gasteiger partial charge in [-0.25, -0.2) is 13.1 Å². The molecule has 21 heavy (non-hydrogen) atoms. The van der Waals surface area contributed by atoms with Gasteiger partial charge in [0.1, 0.15) is 0 Å². The highest BCUT2D eigenvalue weighted by atomic mass is 32.2. The lowest BCUT2D eigenvalue weighted by atomic mass is 10.1. The van der Waals surface area contributed by atoms with Gasteiger partial charge in [-0.05, 0) is 29.2 Å². The van der Waals surface area contributed by atoms with Gasteiger partial charge in [0, 0.05) is 6.54 Å². The quantitative estimate of drug-likeness (QED) is 0.859. The zero-order chi connectivity index (χ0) is 15.3. The van der Waals surface area contributed by atoms with Crippen molar-refractivity contribution in [2.24, 2.45) is 0 Å². The second-order valence-corrected chi connectivity index (χ2v) is 6.79. The molecule has 0 radical (unpaired) electrons. The third-order valence-electron chi connectivity index (χ3n) is 3.27. The highest BCUT2D eigenvalue weighted by molar-refractivity contribution is 7.88. The van der Waals surface area contributed by atoms with Crippen molar-refractivity contribution in [3.05, 3.63) is 70.8 Å². The van der Waals surface area contributed by atoms with E-state index in [1.54, 1.807) is 24.3 Å². The number of benzene rings is 2. The van der Waals surface area contributed by atoms with Crippen molar-refractivity contribution in [2.45, 2.75) is 25.8 Å². The van der Waals surface area contributed by atoms with Crippen molar-refractivity contribution in [2.75, 3.05) is 0 Å². The molecule has 0 atom stereocenters. The van der Waals surface area contributed by atoms with E-state index in [1.807, 2.05) is 31.2 Å². The predicted octanol–water partition coefficient (Wildman–Crippen LogP) is 2.11. The van der Waals surface area contributed by atoms with E-state index in [-0.39, 0.29) is 18.9 Å². The molecule has 2 aromatic rings. The van der Waals surface area contributed by atoms with Gasteiger partial charge in [0.15, 0.2) is 0 Å². The maximum atomic E-state index is 12.1. The Balaban J connectivity index is 2.03. The first-order valence-corrected chi connectivity index (χ1v) is 8.36. The summed E-state index contributed by atoms with van der Waals surface area (Å²) < 4.78 is 26.8. The summed E-state index contributed by atoms with van der Waals surface area (Å²) in [4.78, 5) is 0. The van der Waals surface area contributed by atoms with Crippen LogP contribution in [-0.2, 0) is 28.9 Å². The van der Waals surface area contributed by atoms with E-state index in [9.17, 15) is 8.42 Å². The molecule has 0 heterocycles. The molecule has 5 heteroatoms. The Bertz CT molecular complexity index is 711. The summed E-state index contributed by atoms with van der Waals surface area (Å²) in [5, 5.41) is 9.08. The van der Waals surface area contributed by atoms with Crippen LogP contribution in [0.3, 0.4) is 0 Å². The fourth-order valence-electron chi connectivity index (χ4n) is 2.08. The highest BCUT2D eigenvalue weighted by Gasteiger charge is 2.12. The van der Waals surface area contributed by atoms with Crippen molar-refractivity contribution in [3.8, 4) is 0 Å². The topological polar surface area (TPSA) is 66.4 Å². The van der Waals surface area contributed by atoms with E-state index >= 15 is 0 Å². The van der Waals surface area contributed by atoms with Gasteiger partial charge in [-0.1, -0.05) is 48.5 Å². The van der Waals surface area contributed by atoms with Crippen LogP contribution in [0.2, 0.25) is 0 Å². The van der Waals surface area contributed by atoms with Crippen LogP contribution in [0.5, 0.6) is 0 Å². The highest BCUT2D eigenvalue weighted by Crippen LogP contribution is 2.11. The summed E-state index contributed by atoms with van der Waals surface area (Å²) >= 11 is 0. The maximum absolute atomic E-state index is 12.1. The molecule has 0 aliphatic carbocycles. The molecule has 2 rings (SSSR count). The molecule has 0 amide bonds. The van der Waals surface area contributed by atoms with E-state index < -0.39 is 10.0 Å². The summed E-state index contributed by atoms with van der Waals surface area (Å²) in [7, 11) is -3.41. The van der Waals surface area contributed by atoms with Crippen molar-refractivity contribution in [3.63, 3.8) is 0 Å². The zero-order valence-corrected chi connectivity index (χ0v) is 12.7. The minimum atomic E-state index is -3.41. The smallest absolute Gasteiger partial charge is 0.216 e. The van der Waals surface area contributed by atoms with Crippen LogP contribution in [-0.4, -0.2) is 13.5 Å². The van der Waals surface area contributed by atoms with Crippen molar-refractivity contribution in [1.29, 1.82) is 0 Å². The average Bonchev–Trinajstić information content (AvgIpc) is 2.46. The van der Waals surface area contributed by atoms with Crippen LogP contribution >= 0.6 is 0 Å². The molecule has 0 saturated carbocycles. The van der Waals surface area contributed by atoms with Crippen LogP contribution in [0.25, 0.3) is 0 Å². The van der Waals surface area contributed by atoms with Gasteiger partial charge in [-0.2, -0.15) is 0 Å². The molecule has 0 bridgehead atoms. The summed E-state index contributed by atoms with van der Waals surface area (Å²) in [6.07, 6.45) is 0. The molecule has 2 N–H and O–H groups in total. The second kappa shape index (κ2) is 6.85. The van der Waals surface area contributed by atoms with E-state index in [4.69, 9.17) is 5.11 Å². The van der Waals surface area contributed by atoms with Crippen molar-refractivity contribution < 1.29 is 13.5 Å². The van der Waals surface area contributed by atoms with Crippen molar-refractivity contribution in [1.82, 2.24) is 4.72 Å². The number of hydrogen-bond donors (Lipinski definition) is 2. The van der Waals surface area contributed by atoms with Crippen LogP contribution in [0.1, 0.15) is 22.3 Å². The predicted molar refractivity (Wildman–Crippen MR) is 83.0 cm³/mol. The molecule has 0 aliphatic rings. The molecule has 4 nitrogen and oxygen atoms in total. The van der Waals surface area contributed by atoms with Crippen LogP contribution in [0, 0.1) is 6.92 Å². The molecule has 0 fully saturated rings. The van der Waals surface area contributed by atoms with Crippen molar-refractivity contribution >= 4 is 10.0 Å². The number of aliphatic hydroxyl groups excluding tert-OH is 1. The first-order valence-electron chi connectivity index (χ1n) is 6.71. The summed E-state index contributed by atoms with van der Waals surface area (Å²) in [6, 6.07) is 14.6. The summed E-state index contributed by atoms with van der Waals surface area (Å²) in [5.74, 6) is -0.0906. The van der Waals surface area contributed by atoms with Crippen LogP contribution < -0.4 is 4.72 Å². The van der Waals surface area contributed by atoms with E-state index in [1.165, 1.54) is 0 Å². The van der Waals surface area contributed by atoms with Gasteiger partial charge in [-0.15, -0.1) is 0 Å².